The van der Waals surface area contributed by atoms with Gasteiger partial charge in [-0.25, -0.2) is 4.98 Å². The van der Waals surface area contributed by atoms with Crippen LogP contribution in [0.25, 0.3) is 0 Å². The van der Waals surface area contributed by atoms with E-state index in [9.17, 15) is 4.79 Å². The van der Waals surface area contributed by atoms with Crippen LogP contribution in [-0.4, -0.2) is 24.5 Å². The maximum atomic E-state index is 11.9. The summed E-state index contributed by atoms with van der Waals surface area (Å²) in [6, 6.07) is 7.85. The van der Waals surface area contributed by atoms with Crippen LogP contribution in [0.5, 0.6) is 5.75 Å². The van der Waals surface area contributed by atoms with Crippen LogP contribution in [0.15, 0.2) is 24.3 Å². The number of hydrogen-bond acceptors (Lipinski definition) is 4. The smallest absolute Gasteiger partial charge is 0.280 e. The fourth-order valence-corrected chi connectivity index (χ4v) is 2.59. The first-order valence-corrected chi connectivity index (χ1v) is 7.27. The van der Waals surface area contributed by atoms with Gasteiger partial charge in [0.15, 0.2) is 5.01 Å². The van der Waals surface area contributed by atoms with Crippen molar-refractivity contribution in [1.29, 1.82) is 0 Å². The van der Waals surface area contributed by atoms with Crippen molar-refractivity contribution in [2.75, 3.05) is 13.7 Å². The van der Waals surface area contributed by atoms with Crippen molar-refractivity contribution in [2.45, 2.75) is 20.3 Å². The number of nitrogens with zero attached hydrogens (tertiary/aromatic N) is 1. The quantitative estimate of drug-likeness (QED) is 0.921. The summed E-state index contributed by atoms with van der Waals surface area (Å²) >= 11 is 1.43. The number of benzene rings is 1. The number of carbonyl (C=O) groups is 1. The molecule has 2 rings (SSSR count). The molecule has 1 heterocycles. The Balaban J connectivity index is 1.84. The van der Waals surface area contributed by atoms with E-state index in [0.29, 0.717) is 11.6 Å². The third-order valence-electron chi connectivity index (χ3n) is 3.08. The third-order valence-corrected chi connectivity index (χ3v) is 4.15. The van der Waals surface area contributed by atoms with Crippen molar-refractivity contribution < 1.29 is 9.53 Å². The molecule has 0 aliphatic rings. The molecule has 0 atom stereocenters. The molecular formula is C15H18N2O2S. The summed E-state index contributed by atoms with van der Waals surface area (Å²) in [5, 5.41) is 3.43. The normalized spacial score (nSPS) is 10.3. The first-order chi connectivity index (χ1) is 9.60. The van der Waals surface area contributed by atoms with Crippen LogP contribution in [0.4, 0.5) is 0 Å². The zero-order valence-corrected chi connectivity index (χ0v) is 12.7. The fourth-order valence-electron chi connectivity index (χ4n) is 1.76. The number of rotatable bonds is 5. The summed E-state index contributed by atoms with van der Waals surface area (Å²) < 4.78 is 5.11. The van der Waals surface area contributed by atoms with Crippen molar-refractivity contribution >= 4 is 17.2 Å². The van der Waals surface area contributed by atoms with Gasteiger partial charge in [-0.05, 0) is 38.0 Å². The predicted octanol–water partition coefficient (Wildman–Crippen LogP) is 2.74. The number of aromatic nitrogens is 1. The Bertz CT molecular complexity index is 571. The molecule has 20 heavy (non-hydrogen) atoms. The molecule has 0 aliphatic heterocycles. The molecule has 0 fully saturated rings. The summed E-state index contributed by atoms with van der Waals surface area (Å²) in [7, 11) is 1.65. The molecule has 2 aromatic rings. The summed E-state index contributed by atoms with van der Waals surface area (Å²) in [5.41, 5.74) is 2.09. The largest absolute Gasteiger partial charge is 0.497 e. The second kappa shape index (κ2) is 6.52. The molecule has 0 aliphatic carbocycles. The first-order valence-electron chi connectivity index (χ1n) is 6.45. The molecule has 0 radical (unpaired) electrons. The molecule has 5 heteroatoms. The van der Waals surface area contributed by atoms with E-state index in [0.717, 1.165) is 28.3 Å². The number of nitrogens with one attached hydrogen (secondary N) is 1. The number of methoxy groups -OCH3 is 1. The topological polar surface area (TPSA) is 51.2 Å². The van der Waals surface area contributed by atoms with E-state index in [1.807, 2.05) is 38.1 Å². The highest BCUT2D eigenvalue weighted by Gasteiger charge is 2.11. The van der Waals surface area contributed by atoms with Crippen LogP contribution in [0.1, 0.15) is 25.9 Å². The van der Waals surface area contributed by atoms with Gasteiger partial charge in [-0.2, -0.15) is 0 Å². The number of hydrogen-bond donors (Lipinski definition) is 1. The summed E-state index contributed by atoms with van der Waals surface area (Å²) in [5.74, 6) is 0.742. The second-order valence-corrected chi connectivity index (χ2v) is 5.72. The van der Waals surface area contributed by atoms with Crippen LogP contribution in [-0.2, 0) is 6.42 Å². The number of amides is 1. The maximum absolute atomic E-state index is 11.9. The van der Waals surface area contributed by atoms with Crippen molar-refractivity contribution in [3.63, 3.8) is 0 Å². The molecule has 4 nitrogen and oxygen atoms in total. The van der Waals surface area contributed by atoms with E-state index in [2.05, 4.69) is 10.3 Å². The predicted molar refractivity (Wildman–Crippen MR) is 80.6 cm³/mol. The van der Waals surface area contributed by atoms with Crippen molar-refractivity contribution in [2.24, 2.45) is 0 Å². The molecule has 0 saturated heterocycles. The second-order valence-electron chi connectivity index (χ2n) is 4.51. The Kier molecular flexibility index (Phi) is 4.74. The van der Waals surface area contributed by atoms with Crippen molar-refractivity contribution in [1.82, 2.24) is 10.3 Å². The van der Waals surface area contributed by atoms with Gasteiger partial charge >= 0.3 is 0 Å². The molecular weight excluding hydrogens is 272 g/mol. The van der Waals surface area contributed by atoms with Gasteiger partial charge in [0.05, 0.1) is 12.8 Å². The van der Waals surface area contributed by atoms with Crippen LogP contribution < -0.4 is 10.1 Å². The molecule has 0 spiro atoms. The molecule has 106 valence electrons. The van der Waals surface area contributed by atoms with Crippen LogP contribution in [0.2, 0.25) is 0 Å². The Morgan fingerprint density at radius 3 is 2.55 bits per heavy atom. The number of thiazole rings is 1. The molecule has 1 aromatic heterocycles. The lowest BCUT2D eigenvalue weighted by atomic mass is 10.1. The van der Waals surface area contributed by atoms with E-state index < -0.39 is 0 Å². The number of carbonyl (C=O) groups excluding carboxylic acids is 1. The standard InChI is InChI=1S/C15H18N2O2S/c1-10-11(2)20-15(17-10)14(18)16-9-8-12-4-6-13(19-3)7-5-12/h4-7H,8-9H2,1-3H3,(H,16,18). The fraction of sp³-hybridized carbons (Fsp3) is 0.333. The minimum Gasteiger partial charge on any atom is -0.497 e. The van der Waals surface area contributed by atoms with Crippen LogP contribution in [0.3, 0.4) is 0 Å². The van der Waals surface area contributed by atoms with Gasteiger partial charge in [0.1, 0.15) is 5.75 Å². The average Bonchev–Trinajstić information content (AvgIpc) is 2.79. The monoisotopic (exact) mass is 290 g/mol. The van der Waals surface area contributed by atoms with Gasteiger partial charge in [-0.15, -0.1) is 11.3 Å². The molecule has 0 unspecified atom stereocenters. The van der Waals surface area contributed by atoms with E-state index in [1.165, 1.54) is 11.3 Å². The third kappa shape index (κ3) is 3.57. The Morgan fingerprint density at radius 2 is 2.00 bits per heavy atom. The average molecular weight is 290 g/mol. The van der Waals surface area contributed by atoms with E-state index >= 15 is 0 Å². The minimum atomic E-state index is -0.0975. The van der Waals surface area contributed by atoms with Gasteiger partial charge < -0.3 is 10.1 Å². The Labute approximate surface area is 122 Å². The lowest BCUT2D eigenvalue weighted by Gasteiger charge is -2.04. The number of ether oxygens (including phenoxy) is 1. The van der Waals surface area contributed by atoms with Crippen LogP contribution in [0, 0.1) is 13.8 Å². The van der Waals surface area contributed by atoms with Crippen LogP contribution >= 0.6 is 11.3 Å². The minimum absolute atomic E-state index is 0.0975. The molecule has 1 N–H and O–H groups in total. The van der Waals surface area contributed by atoms with E-state index in [4.69, 9.17) is 4.74 Å². The van der Waals surface area contributed by atoms with E-state index in [1.54, 1.807) is 7.11 Å². The van der Waals surface area contributed by atoms with Gasteiger partial charge in [-0.1, -0.05) is 12.1 Å². The first kappa shape index (κ1) is 14.5. The summed E-state index contributed by atoms with van der Waals surface area (Å²) in [4.78, 5) is 17.3. The van der Waals surface area contributed by atoms with Gasteiger partial charge in [0.2, 0.25) is 0 Å². The molecule has 0 bridgehead atoms. The highest BCUT2D eigenvalue weighted by Crippen LogP contribution is 2.16. The molecule has 1 aromatic carbocycles. The highest BCUT2D eigenvalue weighted by atomic mass is 32.1. The Morgan fingerprint density at radius 1 is 1.30 bits per heavy atom. The highest BCUT2D eigenvalue weighted by molar-refractivity contribution is 7.13. The summed E-state index contributed by atoms with van der Waals surface area (Å²) in [6.07, 6.45) is 0.791. The van der Waals surface area contributed by atoms with E-state index in [-0.39, 0.29) is 5.91 Å². The summed E-state index contributed by atoms with van der Waals surface area (Å²) in [6.45, 7) is 4.49. The lowest BCUT2D eigenvalue weighted by molar-refractivity contribution is 0.0953. The van der Waals surface area contributed by atoms with Crippen molar-refractivity contribution in [3.8, 4) is 5.75 Å². The maximum Gasteiger partial charge on any atom is 0.280 e. The molecule has 0 saturated carbocycles. The van der Waals surface area contributed by atoms with Gasteiger partial charge in [-0.3, -0.25) is 4.79 Å². The SMILES string of the molecule is COc1ccc(CCNC(=O)c2nc(C)c(C)s2)cc1. The van der Waals surface area contributed by atoms with Gasteiger partial charge in [0.25, 0.3) is 5.91 Å². The van der Waals surface area contributed by atoms with Crippen molar-refractivity contribution in [3.05, 3.63) is 45.4 Å². The zero-order chi connectivity index (χ0) is 14.5. The lowest BCUT2D eigenvalue weighted by Crippen LogP contribution is -2.25. The number of aryl methyl sites for hydroxylation is 2. The Hall–Kier alpha value is -1.88. The molecule has 1 amide bonds. The zero-order valence-electron chi connectivity index (χ0n) is 11.9. The van der Waals surface area contributed by atoms with Gasteiger partial charge in [0, 0.05) is 11.4 Å².